The van der Waals surface area contributed by atoms with Gasteiger partial charge in [-0.25, -0.2) is 0 Å². The summed E-state index contributed by atoms with van der Waals surface area (Å²) in [5.74, 6) is 1.74. The van der Waals surface area contributed by atoms with Gasteiger partial charge in [0.05, 0.1) is 17.3 Å². The lowest BCUT2D eigenvalue weighted by Gasteiger charge is -2.30. The molecule has 1 heterocycles. The van der Waals surface area contributed by atoms with Crippen LogP contribution in [0.15, 0.2) is 121 Å². The monoisotopic (exact) mass is 526 g/mol. The second-order valence-corrected chi connectivity index (χ2v) is 11.3. The van der Waals surface area contributed by atoms with E-state index in [4.69, 9.17) is 4.74 Å². The molecule has 3 nitrogen and oxygen atoms in total. The van der Waals surface area contributed by atoms with Crippen LogP contribution in [0.3, 0.4) is 0 Å². The molecule has 0 spiro atoms. The molecule has 8 rings (SSSR count). The smallest absolute Gasteiger partial charge is 0.135 e. The van der Waals surface area contributed by atoms with Gasteiger partial charge in [0.1, 0.15) is 11.5 Å². The van der Waals surface area contributed by atoms with Crippen LogP contribution in [0.2, 0.25) is 0 Å². The molecule has 0 radical (unpaired) electrons. The highest BCUT2D eigenvalue weighted by Crippen LogP contribution is 2.53. The molecule has 1 aliphatic carbocycles. The normalized spacial score (nSPS) is 13.5. The molecule has 0 N–H and O–H groups in total. The predicted molar refractivity (Wildman–Crippen MR) is 166 cm³/mol. The number of para-hydroxylation sites is 1. The molecule has 3 heteroatoms. The average Bonchev–Trinajstić information content (AvgIpc) is 3.24. The molecular formula is C38H26N2O. The van der Waals surface area contributed by atoms with Gasteiger partial charge in [0, 0.05) is 33.1 Å². The van der Waals surface area contributed by atoms with Crippen LogP contribution < -0.4 is 9.64 Å². The zero-order chi connectivity index (χ0) is 27.7. The summed E-state index contributed by atoms with van der Waals surface area (Å²) in [6.07, 6.45) is 0. The minimum atomic E-state index is -0.115. The van der Waals surface area contributed by atoms with Gasteiger partial charge in [-0.3, -0.25) is 0 Å². The Morgan fingerprint density at radius 2 is 1.29 bits per heavy atom. The Bertz CT molecular complexity index is 2060. The van der Waals surface area contributed by atoms with E-state index in [0.29, 0.717) is 5.56 Å². The Balaban J connectivity index is 1.38. The van der Waals surface area contributed by atoms with Gasteiger partial charge in [0.2, 0.25) is 0 Å². The molecule has 0 fully saturated rings. The number of nitriles is 1. The number of anilines is 3. The Hall–Kier alpha value is -5.33. The van der Waals surface area contributed by atoms with Crippen LogP contribution in [0.4, 0.5) is 17.1 Å². The number of rotatable bonds is 3. The quantitative estimate of drug-likeness (QED) is 0.230. The van der Waals surface area contributed by atoms with Crippen molar-refractivity contribution >= 4 is 27.8 Å². The molecule has 6 aromatic carbocycles. The molecule has 0 atom stereocenters. The van der Waals surface area contributed by atoms with E-state index in [1.165, 1.54) is 27.8 Å². The lowest BCUT2D eigenvalue weighted by molar-refractivity contribution is 0.487. The van der Waals surface area contributed by atoms with Crippen LogP contribution in [0.1, 0.15) is 30.5 Å². The summed E-state index contributed by atoms with van der Waals surface area (Å²) >= 11 is 0. The molecule has 0 aromatic heterocycles. The lowest BCUT2D eigenvalue weighted by Crippen LogP contribution is -2.16. The first-order valence-electron chi connectivity index (χ1n) is 13.9. The molecule has 0 bridgehead atoms. The largest absolute Gasteiger partial charge is 0.456 e. The van der Waals surface area contributed by atoms with Crippen molar-refractivity contribution in [3.63, 3.8) is 0 Å². The Labute approximate surface area is 239 Å². The summed E-state index contributed by atoms with van der Waals surface area (Å²) in [4.78, 5) is 2.31. The fourth-order valence-corrected chi connectivity index (χ4v) is 6.70. The van der Waals surface area contributed by atoms with E-state index in [2.05, 4.69) is 104 Å². The van der Waals surface area contributed by atoms with Crippen molar-refractivity contribution in [2.45, 2.75) is 19.3 Å². The first kappa shape index (κ1) is 23.5. The van der Waals surface area contributed by atoms with Gasteiger partial charge < -0.3 is 9.64 Å². The second kappa shape index (κ2) is 8.58. The zero-order valence-corrected chi connectivity index (χ0v) is 22.8. The van der Waals surface area contributed by atoms with Gasteiger partial charge in [-0.1, -0.05) is 80.6 Å². The minimum absolute atomic E-state index is 0.115. The highest BCUT2D eigenvalue weighted by molar-refractivity contribution is 6.11. The van der Waals surface area contributed by atoms with Crippen molar-refractivity contribution in [1.29, 1.82) is 5.26 Å². The third kappa shape index (κ3) is 3.38. The van der Waals surface area contributed by atoms with Gasteiger partial charge in [0.25, 0.3) is 0 Å². The fraction of sp³-hybridized carbons (Fsp3) is 0.0789. The van der Waals surface area contributed by atoms with Crippen LogP contribution in [0.5, 0.6) is 11.5 Å². The van der Waals surface area contributed by atoms with E-state index in [0.717, 1.165) is 44.9 Å². The number of hydrogen-bond donors (Lipinski definition) is 0. The Morgan fingerprint density at radius 3 is 2.12 bits per heavy atom. The van der Waals surface area contributed by atoms with E-state index in [9.17, 15) is 5.26 Å². The maximum absolute atomic E-state index is 9.49. The van der Waals surface area contributed by atoms with E-state index in [-0.39, 0.29) is 5.41 Å². The van der Waals surface area contributed by atoms with E-state index >= 15 is 0 Å². The maximum Gasteiger partial charge on any atom is 0.135 e. The van der Waals surface area contributed by atoms with Crippen molar-refractivity contribution in [2.24, 2.45) is 0 Å². The summed E-state index contributed by atoms with van der Waals surface area (Å²) in [6, 6.07) is 44.6. The van der Waals surface area contributed by atoms with Crippen LogP contribution in [0, 0.1) is 11.3 Å². The summed E-state index contributed by atoms with van der Waals surface area (Å²) in [6.45, 7) is 4.62. The van der Waals surface area contributed by atoms with Crippen molar-refractivity contribution in [3.05, 3.63) is 138 Å². The second-order valence-electron chi connectivity index (χ2n) is 11.3. The molecule has 2 aliphatic rings. The maximum atomic E-state index is 9.49. The lowest BCUT2D eigenvalue weighted by atomic mass is 9.82. The average molecular weight is 527 g/mol. The number of nitrogens with zero attached hydrogens (tertiary/aromatic N) is 2. The minimum Gasteiger partial charge on any atom is -0.456 e. The number of hydrogen-bond acceptors (Lipinski definition) is 3. The van der Waals surface area contributed by atoms with Crippen LogP contribution in [0.25, 0.3) is 33.0 Å². The summed E-state index contributed by atoms with van der Waals surface area (Å²) in [5, 5.41) is 11.7. The summed E-state index contributed by atoms with van der Waals surface area (Å²) in [5.41, 5.74) is 11.2. The zero-order valence-electron chi connectivity index (χ0n) is 22.8. The highest BCUT2D eigenvalue weighted by Gasteiger charge is 2.36. The SMILES string of the molecule is CC1(C)c2ccccc2-c2ccc(N(c3ccc(C#N)cc3)c3ccc4c5c(cccc35)Oc3ccccc3-4)cc21. The van der Waals surface area contributed by atoms with Gasteiger partial charge in [-0.2, -0.15) is 5.26 Å². The molecule has 6 aromatic rings. The van der Waals surface area contributed by atoms with E-state index in [1.54, 1.807) is 0 Å². The van der Waals surface area contributed by atoms with Gasteiger partial charge in [-0.05, 0) is 82.4 Å². The highest BCUT2D eigenvalue weighted by atomic mass is 16.5. The molecule has 0 saturated heterocycles. The van der Waals surface area contributed by atoms with Crippen LogP contribution in [-0.2, 0) is 5.41 Å². The van der Waals surface area contributed by atoms with E-state index in [1.807, 2.05) is 42.5 Å². The van der Waals surface area contributed by atoms with Crippen molar-refractivity contribution in [1.82, 2.24) is 0 Å². The molecule has 0 saturated carbocycles. The van der Waals surface area contributed by atoms with Crippen molar-refractivity contribution < 1.29 is 4.74 Å². The van der Waals surface area contributed by atoms with Gasteiger partial charge >= 0.3 is 0 Å². The Morgan fingerprint density at radius 1 is 0.610 bits per heavy atom. The molecule has 194 valence electrons. The van der Waals surface area contributed by atoms with Crippen molar-refractivity contribution in [2.75, 3.05) is 4.90 Å². The standard InChI is InChI=1S/C38H26N2O/c1-38(2)32-11-5-3-8-27(32)28-19-18-26(22-33(28)38)40(25-16-14-24(23-39)15-17-25)34-21-20-30-29-9-4-6-12-35(29)41-36-13-7-10-31(34)37(30)36/h3-22H,1-2H3. The number of benzene rings is 6. The molecule has 0 amide bonds. The number of ether oxygens (including phenoxy) is 1. The van der Waals surface area contributed by atoms with Gasteiger partial charge in [-0.15, -0.1) is 0 Å². The third-order valence-corrected chi connectivity index (χ3v) is 8.70. The number of fused-ring (bicyclic) bond motifs is 5. The van der Waals surface area contributed by atoms with Crippen molar-refractivity contribution in [3.8, 4) is 39.8 Å². The third-order valence-electron chi connectivity index (χ3n) is 8.70. The summed E-state index contributed by atoms with van der Waals surface area (Å²) in [7, 11) is 0. The Kier molecular flexibility index (Phi) is 4.93. The van der Waals surface area contributed by atoms with Gasteiger partial charge in [0.15, 0.2) is 0 Å². The first-order chi connectivity index (χ1) is 20.0. The molecule has 0 unspecified atom stereocenters. The predicted octanol–water partition coefficient (Wildman–Crippen LogP) is 10.3. The molecule has 1 aliphatic heterocycles. The summed E-state index contributed by atoms with van der Waals surface area (Å²) < 4.78 is 6.40. The van der Waals surface area contributed by atoms with Crippen LogP contribution >= 0.6 is 0 Å². The molecule has 41 heavy (non-hydrogen) atoms. The topological polar surface area (TPSA) is 36.3 Å². The first-order valence-corrected chi connectivity index (χ1v) is 13.9. The fourth-order valence-electron chi connectivity index (χ4n) is 6.70. The molecular weight excluding hydrogens is 500 g/mol. The van der Waals surface area contributed by atoms with Crippen LogP contribution in [-0.4, -0.2) is 0 Å². The van der Waals surface area contributed by atoms with E-state index < -0.39 is 0 Å².